The maximum atomic E-state index is 10.9. The van der Waals surface area contributed by atoms with Crippen LogP contribution in [0.25, 0.3) is 0 Å². The minimum atomic E-state index is -0.781. The van der Waals surface area contributed by atoms with Crippen molar-refractivity contribution in [3.05, 3.63) is 12.2 Å². The van der Waals surface area contributed by atoms with Gasteiger partial charge >= 0.3 is 0 Å². The average molecular weight is 369 g/mol. The average Bonchev–Trinajstić information content (AvgIpc) is 3.26. The monoisotopic (exact) mass is 368 g/mol. The van der Waals surface area contributed by atoms with E-state index < -0.39 is 5.60 Å². The molecule has 4 nitrogen and oxygen atoms in total. The zero-order valence-corrected chi connectivity index (χ0v) is 16.5. The highest BCUT2D eigenvalue weighted by Crippen LogP contribution is 2.45. The molecule has 2 aliphatic carbocycles. The van der Waals surface area contributed by atoms with Crippen molar-refractivity contribution < 1.29 is 20.4 Å². The molecule has 0 spiro atoms. The van der Waals surface area contributed by atoms with Gasteiger partial charge in [-0.05, 0) is 50.9 Å². The molecule has 0 bridgehead atoms. The van der Waals surface area contributed by atoms with Crippen LogP contribution in [-0.4, -0.2) is 44.8 Å². The summed E-state index contributed by atoms with van der Waals surface area (Å²) in [6.07, 6.45) is 15.3. The fourth-order valence-electron chi connectivity index (χ4n) is 4.81. The molecule has 2 fully saturated rings. The van der Waals surface area contributed by atoms with Gasteiger partial charge in [-0.1, -0.05) is 51.2 Å². The highest BCUT2D eigenvalue weighted by atomic mass is 16.3. The summed E-state index contributed by atoms with van der Waals surface area (Å²) in [6.45, 7) is 2.37. The molecule has 0 saturated heterocycles. The highest BCUT2D eigenvalue weighted by molar-refractivity contribution is 5.07. The van der Waals surface area contributed by atoms with Crippen molar-refractivity contribution in [1.29, 1.82) is 0 Å². The van der Waals surface area contributed by atoms with Crippen LogP contribution in [0.5, 0.6) is 0 Å². The predicted molar refractivity (Wildman–Crippen MR) is 105 cm³/mol. The number of rotatable bonds is 13. The molecular weight excluding hydrogens is 328 g/mol. The van der Waals surface area contributed by atoms with Crippen LogP contribution < -0.4 is 0 Å². The molecule has 6 atom stereocenters. The van der Waals surface area contributed by atoms with Crippen molar-refractivity contribution in [3.63, 3.8) is 0 Å². The molecule has 0 aliphatic heterocycles. The zero-order chi connectivity index (χ0) is 19.0. The van der Waals surface area contributed by atoms with Crippen LogP contribution in [-0.2, 0) is 0 Å². The Labute approximate surface area is 159 Å². The highest BCUT2D eigenvalue weighted by Gasteiger charge is 2.50. The number of hydrogen-bond acceptors (Lipinski definition) is 4. The lowest BCUT2D eigenvalue weighted by molar-refractivity contribution is -0.00276. The van der Waals surface area contributed by atoms with E-state index in [0.717, 1.165) is 51.4 Å². The van der Waals surface area contributed by atoms with Gasteiger partial charge in [0, 0.05) is 18.4 Å². The summed E-state index contributed by atoms with van der Waals surface area (Å²) in [5.41, 5.74) is -0.781. The van der Waals surface area contributed by atoms with Gasteiger partial charge in [0.25, 0.3) is 0 Å². The second kappa shape index (κ2) is 10.8. The van der Waals surface area contributed by atoms with E-state index in [1.54, 1.807) is 0 Å². The first-order valence-corrected chi connectivity index (χ1v) is 10.9. The lowest BCUT2D eigenvalue weighted by Gasteiger charge is -2.27. The Morgan fingerprint density at radius 2 is 1.69 bits per heavy atom. The van der Waals surface area contributed by atoms with E-state index in [1.165, 1.54) is 19.3 Å². The Bertz CT molecular complexity index is 424. The summed E-state index contributed by atoms with van der Waals surface area (Å²) in [7, 11) is 0. The van der Waals surface area contributed by atoms with E-state index in [4.69, 9.17) is 5.11 Å². The summed E-state index contributed by atoms with van der Waals surface area (Å²) in [4.78, 5) is 0. The van der Waals surface area contributed by atoms with Crippen LogP contribution in [0.2, 0.25) is 0 Å². The quantitative estimate of drug-likeness (QED) is 0.296. The maximum Gasteiger partial charge on any atom is 0.0735 e. The molecule has 4 heteroatoms. The van der Waals surface area contributed by atoms with Crippen LogP contribution in [0.4, 0.5) is 0 Å². The minimum Gasteiger partial charge on any atom is -0.396 e. The van der Waals surface area contributed by atoms with Gasteiger partial charge in [0.15, 0.2) is 0 Å². The fraction of sp³-hybridized carbons (Fsp3) is 0.909. The molecule has 0 radical (unpaired) electrons. The molecule has 0 amide bonds. The van der Waals surface area contributed by atoms with Gasteiger partial charge in [-0.15, -0.1) is 0 Å². The third-order valence-corrected chi connectivity index (χ3v) is 6.51. The fourth-order valence-corrected chi connectivity index (χ4v) is 4.81. The summed E-state index contributed by atoms with van der Waals surface area (Å²) in [5.74, 6) is 0.780. The number of unbranched alkanes of at least 4 members (excludes halogenated alkanes) is 4. The van der Waals surface area contributed by atoms with E-state index in [0.29, 0.717) is 18.9 Å². The van der Waals surface area contributed by atoms with Gasteiger partial charge in [-0.2, -0.15) is 0 Å². The van der Waals surface area contributed by atoms with Gasteiger partial charge in [-0.3, -0.25) is 0 Å². The molecule has 2 rings (SSSR count). The number of aliphatic hydroxyl groups excluding tert-OH is 3. The Hall–Kier alpha value is -0.420. The summed E-state index contributed by atoms with van der Waals surface area (Å²) < 4.78 is 0. The Morgan fingerprint density at radius 1 is 1.00 bits per heavy atom. The van der Waals surface area contributed by atoms with Crippen LogP contribution in [0, 0.1) is 17.8 Å². The van der Waals surface area contributed by atoms with Crippen LogP contribution in [0.1, 0.15) is 84.0 Å². The van der Waals surface area contributed by atoms with Crippen molar-refractivity contribution in [2.24, 2.45) is 17.8 Å². The first-order valence-electron chi connectivity index (χ1n) is 10.9. The van der Waals surface area contributed by atoms with Crippen LogP contribution in [0.15, 0.2) is 12.2 Å². The van der Waals surface area contributed by atoms with Gasteiger partial charge in [0.1, 0.15) is 0 Å². The Balaban J connectivity index is 1.78. The van der Waals surface area contributed by atoms with Crippen LogP contribution in [0.3, 0.4) is 0 Å². The molecule has 26 heavy (non-hydrogen) atoms. The van der Waals surface area contributed by atoms with Crippen molar-refractivity contribution in [2.75, 3.05) is 6.61 Å². The summed E-state index contributed by atoms with van der Waals surface area (Å²) >= 11 is 0. The summed E-state index contributed by atoms with van der Waals surface area (Å²) in [6, 6.07) is 0. The van der Waals surface area contributed by atoms with E-state index in [1.807, 2.05) is 0 Å². The molecule has 0 aromatic rings. The molecule has 2 saturated carbocycles. The second-order valence-electron chi connectivity index (χ2n) is 8.66. The normalized spacial score (nSPS) is 33.7. The molecule has 0 aromatic heterocycles. The smallest absolute Gasteiger partial charge is 0.0735 e. The van der Waals surface area contributed by atoms with E-state index in [2.05, 4.69) is 19.1 Å². The zero-order valence-electron chi connectivity index (χ0n) is 16.5. The molecule has 4 N–H and O–H groups in total. The second-order valence-corrected chi connectivity index (χ2v) is 8.66. The van der Waals surface area contributed by atoms with Gasteiger partial charge in [0.2, 0.25) is 0 Å². The predicted octanol–water partition coefficient (Wildman–Crippen LogP) is 3.56. The third-order valence-electron chi connectivity index (χ3n) is 6.51. The Kier molecular flexibility index (Phi) is 9.08. The lowest BCUT2D eigenvalue weighted by Crippen LogP contribution is -2.32. The molecule has 0 aromatic carbocycles. The maximum absolute atomic E-state index is 10.9. The lowest BCUT2D eigenvalue weighted by atomic mass is 9.86. The van der Waals surface area contributed by atoms with Crippen molar-refractivity contribution in [1.82, 2.24) is 0 Å². The minimum absolute atomic E-state index is 0.0234. The SMILES string of the molecule is CCCC(O)(CC=C[C@@H]1[C@@H](CCCCCCCO)CC[C@H]1O)[C@@H]1C[C@H]1O. The van der Waals surface area contributed by atoms with Gasteiger partial charge in [0.05, 0.1) is 17.8 Å². The van der Waals surface area contributed by atoms with Crippen molar-refractivity contribution >= 4 is 0 Å². The molecule has 2 aliphatic rings. The largest absolute Gasteiger partial charge is 0.396 e. The third kappa shape index (κ3) is 6.33. The first kappa shape index (κ1) is 21.9. The molecular formula is C22H40O4. The molecule has 152 valence electrons. The van der Waals surface area contributed by atoms with E-state index in [-0.39, 0.29) is 24.0 Å². The molecule has 0 heterocycles. The van der Waals surface area contributed by atoms with Crippen molar-refractivity contribution in [3.8, 4) is 0 Å². The topological polar surface area (TPSA) is 80.9 Å². The Morgan fingerprint density at radius 3 is 2.35 bits per heavy atom. The number of aliphatic hydroxyl groups is 4. The molecule has 1 unspecified atom stereocenters. The van der Waals surface area contributed by atoms with Gasteiger partial charge < -0.3 is 20.4 Å². The van der Waals surface area contributed by atoms with E-state index in [9.17, 15) is 15.3 Å². The van der Waals surface area contributed by atoms with Crippen molar-refractivity contribution in [2.45, 2.75) is 102 Å². The standard InChI is InChI=1S/C22H40O4/c1-2-13-22(26,19-16-21(19)25)14-8-10-18-17(11-12-20(18)24)9-6-4-3-5-7-15-23/h8,10,17-21,23-26H,2-7,9,11-16H2,1H3/t17-,18+,19+,20+,21+,22?/m0/s1. The van der Waals surface area contributed by atoms with Crippen LogP contribution >= 0.6 is 0 Å². The first-order chi connectivity index (χ1) is 12.5. The number of hydrogen-bond donors (Lipinski definition) is 4. The van der Waals surface area contributed by atoms with Gasteiger partial charge in [-0.25, -0.2) is 0 Å². The van der Waals surface area contributed by atoms with E-state index >= 15 is 0 Å². The summed E-state index contributed by atoms with van der Waals surface area (Å²) in [5, 5.41) is 39.8.